The van der Waals surface area contributed by atoms with Crippen molar-refractivity contribution in [2.45, 2.75) is 105 Å². The number of nitrogens with zero attached hydrogens (tertiary/aromatic N) is 2. The molecule has 0 N–H and O–H groups in total. The van der Waals surface area contributed by atoms with Crippen LogP contribution in [0.15, 0.2) is 194 Å². The number of benzene rings is 9. The minimum Gasteiger partial charge on any atom is -0.309 e. The Labute approximate surface area is 427 Å². The van der Waals surface area contributed by atoms with Gasteiger partial charge in [-0.15, -0.1) is 0 Å². The monoisotopic (exact) mass is 937 g/mol. The lowest BCUT2D eigenvalue weighted by atomic mass is 9.76. The van der Waals surface area contributed by atoms with Crippen LogP contribution < -0.4 is 0 Å². The first-order valence-corrected chi connectivity index (χ1v) is 25.9. The van der Waals surface area contributed by atoms with E-state index in [1.807, 2.05) is 0 Å². The molecule has 0 bridgehead atoms. The molecular weight excluding hydrogens is 869 g/mol. The highest BCUT2D eigenvalue weighted by atomic mass is 15.0. The van der Waals surface area contributed by atoms with Gasteiger partial charge in [-0.2, -0.15) is 0 Å². The van der Waals surface area contributed by atoms with Crippen molar-refractivity contribution in [3.05, 3.63) is 216 Å². The van der Waals surface area contributed by atoms with Gasteiger partial charge in [-0.25, -0.2) is 0 Å². The highest BCUT2D eigenvalue weighted by molar-refractivity contribution is 6.13. The summed E-state index contributed by atoms with van der Waals surface area (Å²) in [6, 6.07) is 73.7. The first-order chi connectivity index (χ1) is 34.2. The molecule has 11 aromatic rings. The molecule has 2 heteroatoms. The topological polar surface area (TPSA) is 9.86 Å². The normalized spacial score (nSPS) is 12.7. The maximum atomic E-state index is 2.55. The summed E-state index contributed by atoms with van der Waals surface area (Å²) in [5.41, 5.74) is 22.0. The van der Waals surface area contributed by atoms with E-state index in [1.165, 1.54) is 110 Å². The molecule has 0 unspecified atom stereocenters. The zero-order valence-corrected chi connectivity index (χ0v) is 44.4. The van der Waals surface area contributed by atoms with E-state index in [9.17, 15) is 0 Å². The lowest BCUT2D eigenvalue weighted by Crippen LogP contribution is -2.16. The molecule has 0 radical (unpaired) electrons. The van der Waals surface area contributed by atoms with E-state index in [4.69, 9.17) is 0 Å². The number of hydrogen-bond acceptors (Lipinski definition) is 0. The van der Waals surface area contributed by atoms with Gasteiger partial charge in [-0.1, -0.05) is 204 Å². The molecule has 2 heterocycles. The van der Waals surface area contributed by atoms with Gasteiger partial charge in [0, 0.05) is 32.9 Å². The van der Waals surface area contributed by atoms with Crippen LogP contribution in [0, 0.1) is 0 Å². The Bertz CT molecular complexity index is 3550. The molecule has 358 valence electrons. The van der Waals surface area contributed by atoms with E-state index in [-0.39, 0.29) is 21.7 Å². The summed E-state index contributed by atoms with van der Waals surface area (Å²) in [6.45, 7) is 28.2. The summed E-state index contributed by atoms with van der Waals surface area (Å²) in [6.07, 6.45) is 0. The first kappa shape index (κ1) is 46.9. The number of rotatable bonds is 6. The second-order valence-electron chi connectivity index (χ2n) is 24.4. The van der Waals surface area contributed by atoms with E-state index < -0.39 is 0 Å². The van der Waals surface area contributed by atoms with Crippen LogP contribution in [0.4, 0.5) is 0 Å². The van der Waals surface area contributed by atoms with Crippen LogP contribution in [-0.2, 0) is 21.7 Å². The van der Waals surface area contributed by atoms with Crippen LogP contribution in [0.1, 0.15) is 105 Å². The molecule has 72 heavy (non-hydrogen) atoms. The summed E-state index contributed by atoms with van der Waals surface area (Å²) in [5.74, 6) is 0. The van der Waals surface area contributed by atoms with Gasteiger partial charge in [0.25, 0.3) is 0 Å². The maximum absolute atomic E-state index is 2.55. The average Bonchev–Trinajstić information content (AvgIpc) is 3.87. The fraction of sp³-hybridized carbons (Fsp3) is 0.229. The Hall–Kier alpha value is -7.42. The molecule has 0 aliphatic heterocycles. The number of hydrogen-bond donors (Lipinski definition) is 0. The van der Waals surface area contributed by atoms with E-state index in [0.717, 1.165) is 11.4 Å². The zero-order chi connectivity index (χ0) is 50.5. The minimum atomic E-state index is -0.0636. The molecule has 0 saturated heterocycles. The average molecular weight is 937 g/mol. The first-order valence-electron chi connectivity index (χ1n) is 25.9. The highest BCUT2D eigenvalue weighted by Crippen LogP contribution is 2.48. The Morgan fingerprint density at radius 2 is 0.528 bits per heavy atom. The summed E-state index contributed by atoms with van der Waals surface area (Å²) in [5, 5.41) is 4.98. The molecule has 0 saturated carbocycles. The predicted octanol–water partition coefficient (Wildman–Crippen LogP) is 19.7. The van der Waals surface area contributed by atoms with Crippen molar-refractivity contribution in [3.63, 3.8) is 0 Å². The molecule has 0 aliphatic rings. The van der Waals surface area contributed by atoms with Gasteiger partial charge in [0.1, 0.15) is 0 Å². The van der Waals surface area contributed by atoms with Crippen molar-refractivity contribution >= 4 is 43.6 Å². The number of aromatic nitrogens is 2. The smallest absolute Gasteiger partial charge is 0.0541 e. The van der Waals surface area contributed by atoms with Gasteiger partial charge < -0.3 is 9.13 Å². The van der Waals surface area contributed by atoms with Crippen LogP contribution in [-0.4, -0.2) is 9.13 Å². The lowest BCUT2D eigenvalue weighted by Gasteiger charge is -2.28. The summed E-state index contributed by atoms with van der Waals surface area (Å²) < 4.78 is 4.84. The van der Waals surface area contributed by atoms with E-state index >= 15 is 0 Å². The fourth-order valence-corrected chi connectivity index (χ4v) is 10.8. The third-order valence-corrected chi connectivity index (χ3v) is 15.1. The van der Waals surface area contributed by atoms with Crippen molar-refractivity contribution in [3.8, 4) is 55.9 Å². The van der Waals surface area contributed by atoms with Crippen LogP contribution in [0.2, 0.25) is 0 Å². The van der Waals surface area contributed by atoms with Crippen molar-refractivity contribution in [1.29, 1.82) is 0 Å². The van der Waals surface area contributed by atoms with E-state index in [0.29, 0.717) is 0 Å². The molecule has 2 nitrogen and oxygen atoms in total. The molecular formula is C70H68N2. The molecule has 9 aromatic carbocycles. The van der Waals surface area contributed by atoms with Gasteiger partial charge in [-0.05, 0) is 161 Å². The SMILES string of the molecule is CC(C)(C)c1cc(-c2cc(-c3ccc4c(c3)c3ccccc3n4-c3ccccc3)c(-c3cc(C(C)(C)C)cc(C(C)(C)C)c3)cc2-c2ccc3c(c2)c2ccccc2n3-c2ccccc2)cc(C(C)(C)C)c1. The molecule has 2 aromatic heterocycles. The van der Waals surface area contributed by atoms with Crippen molar-refractivity contribution in [2.24, 2.45) is 0 Å². The minimum absolute atomic E-state index is 0.0636. The third kappa shape index (κ3) is 8.35. The van der Waals surface area contributed by atoms with Crippen LogP contribution >= 0.6 is 0 Å². The van der Waals surface area contributed by atoms with Crippen molar-refractivity contribution in [2.75, 3.05) is 0 Å². The molecule has 0 spiro atoms. The Morgan fingerprint density at radius 3 is 0.861 bits per heavy atom. The molecule has 0 atom stereocenters. The molecule has 11 rings (SSSR count). The molecule has 0 aliphatic carbocycles. The van der Waals surface area contributed by atoms with Crippen LogP contribution in [0.5, 0.6) is 0 Å². The Balaban J connectivity index is 1.28. The fourth-order valence-electron chi connectivity index (χ4n) is 10.8. The van der Waals surface area contributed by atoms with E-state index in [1.54, 1.807) is 0 Å². The molecule has 0 amide bonds. The quantitative estimate of drug-likeness (QED) is 0.157. The van der Waals surface area contributed by atoms with Gasteiger partial charge in [0.15, 0.2) is 0 Å². The lowest BCUT2D eigenvalue weighted by molar-refractivity contribution is 0.568. The number of para-hydroxylation sites is 4. The maximum Gasteiger partial charge on any atom is 0.0541 e. The second kappa shape index (κ2) is 17.1. The molecule has 0 fully saturated rings. The van der Waals surface area contributed by atoms with Gasteiger partial charge in [0.2, 0.25) is 0 Å². The largest absolute Gasteiger partial charge is 0.309 e. The standard InChI is InChI=1S/C70H68N2/c1-67(2,3)49-35-47(36-50(41-49)68(4,5)6)59-43-58(46-32-34-66-62(40-46)56-28-20-22-30-64(56)72(66)54-25-17-14-18-26-54)60(48-37-51(69(7,8)9)42-52(38-48)70(10,11)12)44-57(59)45-31-33-65-61(39-45)55-27-19-21-29-63(55)71(65)53-23-15-13-16-24-53/h13-44H,1-12H3. The van der Waals surface area contributed by atoms with Gasteiger partial charge in [-0.3, -0.25) is 0 Å². The second-order valence-corrected chi connectivity index (χ2v) is 24.4. The van der Waals surface area contributed by atoms with Gasteiger partial charge in [0.05, 0.1) is 22.1 Å². The predicted molar refractivity (Wildman–Crippen MR) is 312 cm³/mol. The Morgan fingerprint density at radius 1 is 0.236 bits per heavy atom. The summed E-state index contributed by atoms with van der Waals surface area (Å²) in [7, 11) is 0. The third-order valence-electron chi connectivity index (χ3n) is 15.1. The van der Waals surface area contributed by atoms with E-state index in [2.05, 4.69) is 286 Å². The van der Waals surface area contributed by atoms with Gasteiger partial charge >= 0.3 is 0 Å². The zero-order valence-electron chi connectivity index (χ0n) is 44.4. The van der Waals surface area contributed by atoms with Crippen LogP contribution in [0.25, 0.3) is 99.5 Å². The summed E-state index contributed by atoms with van der Waals surface area (Å²) >= 11 is 0. The Kier molecular flexibility index (Phi) is 11.2. The number of fused-ring (bicyclic) bond motifs is 6. The highest BCUT2D eigenvalue weighted by Gasteiger charge is 2.27. The van der Waals surface area contributed by atoms with Crippen molar-refractivity contribution < 1.29 is 0 Å². The summed E-state index contributed by atoms with van der Waals surface area (Å²) in [4.78, 5) is 0. The van der Waals surface area contributed by atoms with Crippen LogP contribution in [0.3, 0.4) is 0 Å². The van der Waals surface area contributed by atoms with Crippen molar-refractivity contribution in [1.82, 2.24) is 9.13 Å².